The first-order valence-corrected chi connectivity index (χ1v) is 8.39. The number of nitrogens with zero attached hydrogens (tertiary/aromatic N) is 1. The number of carbonyl (C=O) groups excluding carboxylic acids is 1. The normalized spacial score (nSPS) is 30.9. The van der Waals surface area contributed by atoms with Crippen molar-refractivity contribution in [3.63, 3.8) is 0 Å². The maximum atomic E-state index is 12.9. The van der Waals surface area contributed by atoms with E-state index in [1.54, 1.807) is 4.90 Å². The van der Waals surface area contributed by atoms with E-state index >= 15 is 0 Å². The molecule has 0 radical (unpaired) electrons. The van der Waals surface area contributed by atoms with E-state index in [0.29, 0.717) is 6.61 Å². The number of carbonyl (C=O) groups is 1. The van der Waals surface area contributed by atoms with E-state index < -0.39 is 6.10 Å². The Kier molecular flexibility index (Phi) is 4.50. The summed E-state index contributed by atoms with van der Waals surface area (Å²) in [6.07, 6.45) is 2.37. The molecule has 3 rings (SSSR count). The molecule has 1 aromatic carbocycles. The van der Waals surface area contributed by atoms with Crippen molar-refractivity contribution < 1.29 is 14.6 Å². The van der Waals surface area contributed by atoms with E-state index in [-0.39, 0.29) is 24.1 Å². The smallest absolute Gasteiger partial charge is 0.254 e. The SMILES string of the molecule is CCC[C@H]1c2ccccc2[C@@H]2CO[C@H](CCC)N2C(=O)[C@@H]1O. The Hall–Kier alpha value is -1.39. The number of fused-ring (bicyclic) bond motifs is 3. The molecular weight excluding hydrogens is 278 g/mol. The topological polar surface area (TPSA) is 49.8 Å². The molecule has 0 aromatic heterocycles. The van der Waals surface area contributed by atoms with Crippen molar-refractivity contribution in [2.75, 3.05) is 6.61 Å². The van der Waals surface area contributed by atoms with Crippen LogP contribution in [0.5, 0.6) is 0 Å². The first kappa shape index (κ1) is 15.5. The molecule has 1 N–H and O–H groups in total. The van der Waals surface area contributed by atoms with Gasteiger partial charge in [-0.05, 0) is 24.0 Å². The van der Waals surface area contributed by atoms with Crippen LogP contribution in [0.25, 0.3) is 0 Å². The van der Waals surface area contributed by atoms with Crippen molar-refractivity contribution in [2.24, 2.45) is 0 Å². The Morgan fingerprint density at radius 1 is 1.18 bits per heavy atom. The van der Waals surface area contributed by atoms with Crippen LogP contribution in [0.1, 0.15) is 62.6 Å². The standard InChI is InChI=1S/C18H25NO3/c1-3-7-14-12-9-5-6-10-13(12)15-11-22-16(8-4-2)19(15)18(21)17(14)20/h5-6,9-10,14-17,20H,3-4,7-8,11H2,1-2H3/t14-,15-,16+,17+/m0/s1. The van der Waals surface area contributed by atoms with Crippen LogP contribution in [0.3, 0.4) is 0 Å². The van der Waals surface area contributed by atoms with Crippen LogP contribution >= 0.6 is 0 Å². The van der Waals surface area contributed by atoms with Crippen molar-refractivity contribution in [3.8, 4) is 0 Å². The monoisotopic (exact) mass is 303 g/mol. The Morgan fingerprint density at radius 2 is 1.86 bits per heavy atom. The van der Waals surface area contributed by atoms with Gasteiger partial charge in [0.2, 0.25) is 0 Å². The maximum absolute atomic E-state index is 12.9. The summed E-state index contributed by atoms with van der Waals surface area (Å²) in [5.74, 6) is -0.280. The van der Waals surface area contributed by atoms with E-state index in [2.05, 4.69) is 26.0 Å². The van der Waals surface area contributed by atoms with Gasteiger partial charge >= 0.3 is 0 Å². The fourth-order valence-electron chi connectivity index (χ4n) is 3.84. The van der Waals surface area contributed by atoms with Gasteiger partial charge in [-0.2, -0.15) is 0 Å². The second kappa shape index (κ2) is 6.39. The summed E-state index contributed by atoms with van der Waals surface area (Å²) in [5.41, 5.74) is 2.25. The van der Waals surface area contributed by atoms with Gasteiger partial charge in [-0.25, -0.2) is 0 Å². The summed E-state index contributed by atoms with van der Waals surface area (Å²) in [5, 5.41) is 10.7. The number of hydrogen-bond donors (Lipinski definition) is 1. The lowest BCUT2D eigenvalue weighted by atomic mass is 9.86. The molecule has 0 saturated carbocycles. The molecular formula is C18H25NO3. The highest BCUT2D eigenvalue weighted by Gasteiger charge is 2.46. The second-order valence-electron chi connectivity index (χ2n) is 6.31. The van der Waals surface area contributed by atoms with Gasteiger partial charge in [-0.15, -0.1) is 0 Å². The fourth-order valence-corrected chi connectivity index (χ4v) is 3.84. The van der Waals surface area contributed by atoms with Gasteiger partial charge in [0, 0.05) is 5.92 Å². The molecule has 22 heavy (non-hydrogen) atoms. The average Bonchev–Trinajstić information content (AvgIpc) is 2.92. The number of ether oxygens (including phenoxy) is 1. The zero-order chi connectivity index (χ0) is 15.7. The lowest BCUT2D eigenvalue weighted by Gasteiger charge is -2.28. The molecule has 1 saturated heterocycles. The van der Waals surface area contributed by atoms with Gasteiger partial charge in [-0.3, -0.25) is 4.79 Å². The zero-order valence-electron chi connectivity index (χ0n) is 13.4. The quantitative estimate of drug-likeness (QED) is 0.930. The van der Waals surface area contributed by atoms with Gasteiger partial charge in [0.15, 0.2) is 0 Å². The highest BCUT2D eigenvalue weighted by atomic mass is 16.5. The number of hydrogen-bond acceptors (Lipinski definition) is 3. The number of rotatable bonds is 4. The van der Waals surface area contributed by atoms with Gasteiger partial charge in [-0.1, -0.05) is 51.0 Å². The molecule has 4 heteroatoms. The molecule has 4 nitrogen and oxygen atoms in total. The van der Waals surface area contributed by atoms with Crippen molar-refractivity contribution >= 4 is 5.91 Å². The van der Waals surface area contributed by atoms with E-state index in [1.807, 2.05) is 12.1 Å². The summed E-state index contributed by atoms with van der Waals surface area (Å²) in [6.45, 7) is 4.71. The number of benzene rings is 1. The maximum Gasteiger partial charge on any atom is 0.254 e. The van der Waals surface area contributed by atoms with Crippen LogP contribution in [0.15, 0.2) is 24.3 Å². The zero-order valence-corrected chi connectivity index (χ0v) is 13.4. The Bertz CT molecular complexity index is 545. The Balaban J connectivity index is 2.06. The summed E-state index contributed by atoms with van der Waals surface area (Å²) < 4.78 is 5.86. The van der Waals surface area contributed by atoms with E-state index in [0.717, 1.165) is 36.8 Å². The second-order valence-corrected chi connectivity index (χ2v) is 6.31. The van der Waals surface area contributed by atoms with Gasteiger partial charge in [0.1, 0.15) is 12.3 Å². The number of amides is 1. The highest BCUT2D eigenvalue weighted by Crippen LogP contribution is 2.42. The minimum Gasteiger partial charge on any atom is -0.383 e. The van der Waals surface area contributed by atoms with Crippen LogP contribution in [0.4, 0.5) is 0 Å². The van der Waals surface area contributed by atoms with Crippen LogP contribution in [0.2, 0.25) is 0 Å². The first-order valence-electron chi connectivity index (χ1n) is 8.39. The molecule has 2 aliphatic heterocycles. The molecule has 4 atom stereocenters. The Morgan fingerprint density at radius 3 is 2.55 bits per heavy atom. The molecule has 1 fully saturated rings. The van der Waals surface area contributed by atoms with Gasteiger partial charge in [0.25, 0.3) is 5.91 Å². The fraction of sp³-hybridized carbons (Fsp3) is 0.611. The van der Waals surface area contributed by atoms with Crippen LogP contribution in [-0.2, 0) is 9.53 Å². The minimum atomic E-state index is -0.966. The predicted octanol–water partition coefficient (Wildman–Crippen LogP) is 2.97. The van der Waals surface area contributed by atoms with Crippen molar-refractivity contribution in [3.05, 3.63) is 35.4 Å². The highest BCUT2D eigenvalue weighted by molar-refractivity contribution is 5.84. The first-order chi connectivity index (χ1) is 10.7. The minimum absolute atomic E-state index is 0.0586. The third kappa shape index (κ3) is 2.44. The molecule has 1 aromatic rings. The van der Waals surface area contributed by atoms with E-state index in [9.17, 15) is 9.90 Å². The van der Waals surface area contributed by atoms with E-state index in [4.69, 9.17) is 4.74 Å². The lowest BCUT2D eigenvalue weighted by Crippen LogP contribution is -2.43. The third-order valence-electron chi connectivity index (χ3n) is 4.87. The number of aliphatic hydroxyl groups excluding tert-OH is 1. The van der Waals surface area contributed by atoms with Crippen molar-refractivity contribution in [1.82, 2.24) is 4.90 Å². The van der Waals surface area contributed by atoms with Crippen molar-refractivity contribution in [2.45, 2.75) is 63.8 Å². The Labute approximate surface area is 132 Å². The van der Waals surface area contributed by atoms with Crippen LogP contribution in [0, 0.1) is 0 Å². The van der Waals surface area contributed by atoms with Crippen LogP contribution in [-0.4, -0.2) is 34.9 Å². The molecule has 0 unspecified atom stereocenters. The predicted molar refractivity (Wildman–Crippen MR) is 84.3 cm³/mol. The summed E-state index contributed by atoms with van der Waals surface area (Å²) in [7, 11) is 0. The van der Waals surface area contributed by atoms with Gasteiger partial charge in [0.05, 0.1) is 12.6 Å². The third-order valence-corrected chi connectivity index (χ3v) is 4.87. The summed E-state index contributed by atoms with van der Waals surface area (Å²) >= 11 is 0. The van der Waals surface area contributed by atoms with Gasteiger partial charge < -0.3 is 14.7 Å². The molecule has 2 heterocycles. The van der Waals surface area contributed by atoms with Crippen molar-refractivity contribution in [1.29, 1.82) is 0 Å². The lowest BCUT2D eigenvalue weighted by molar-refractivity contribution is -0.148. The molecule has 0 spiro atoms. The largest absolute Gasteiger partial charge is 0.383 e. The molecule has 0 aliphatic carbocycles. The molecule has 1 amide bonds. The molecule has 2 aliphatic rings. The van der Waals surface area contributed by atoms with E-state index in [1.165, 1.54) is 0 Å². The summed E-state index contributed by atoms with van der Waals surface area (Å²) in [6, 6.07) is 8.08. The van der Waals surface area contributed by atoms with Crippen LogP contribution < -0.4 is 0 Å². The molecule has 120 valence electrons. The summed E-state index contributed by atoms with van der Waals surface area (Å²) in [4.78, 5) is 14.7. The molecule has 0 bridgehead atoms. The average molecular weight is 303 g/mol. The number of aliphatic hydroxyl groups is 1.